The van der Waals surface area contributed by atoms with Gasteiger partial charge in [0.15, 0.2) is 0 Å². The predicted molar refractivity (Wildman–Crippen MR) is 71.1 cm³/mol. The molecule has 0 heterocycles. The number of Topliss-reactive ketones (excluding diaryl/α,β-unsaturated/α-hetero) is 1. The van der Waals surface area contributed by atoms with Crippen LogP contribution in [-0.2, 0) is 11.2 Å². The van der Waals surface area contributed by atoms with Crippen LogP contribution in [0.2, 0.25) is 0 Å². The minimum atomic E-state index is -0.803. The molecule has 1 atom stereocenters. The summed E-state index contributed by atoms with van der Waals surface area (Å²) in [6.45, 7) is 0. The van der Waals surface area contributed by atoms with Crippen LogP contribution in [-0.4, -0.2) is 10.9 Å². The highest BCUT2D eigenvalue weighted by Gasteiger charge is 2.13. The van der Waals surface area contributed by atoms with Gasteiger partial charge in [0, 0.05) is 12.8 Å². The summed E-state index contributed by atoms with van der Waals surface area (Å²) >= 11 is 0. The molecule has 0 saturated carbocycles. The number of hydrogen-bond acceptors (Lipinski definition) is 2. The SMILES string of the molecule is O=C(Cc1cccc(F)c1)C[C@@H](O)c1ccccc1. The number of hydrogen-bond donors (Lipinski definition) is 1. The standard InChI is InChI=1S/C16H15FO2/c17-14-8-4-5-12(9-14)10-15(18)11-16(19)13-6-2-1-3-7-13/h1-9,16,19H,10-11H2/t16-/m1/s1. The molecule has 0 radical (unpaired) electrons. The number of rotatable bonds is 5. The molecule has 0 unspecified atom stereocenters. The molecular formula is C16H15FO2. The van der Waals surface area contributed by atoms with Crippen molar-refractivity contribution >= 4 is 5.78 Å². The normalized spacial score (nSPS) is 12.1. The second kappa shape index (κ2) is 6.25. The van der Waals surface area contributed by atoms with Gasteiger partial charge in [-0.3, -0.25) is 4.79 Å². The lowest BCUT2D eigenvalue weighted by Gasteiger charge is -2.10. The molecule has 2 aromatic carbocycles. The van der Waals surface area contributed by atoms with Crippen LogP contribution < -0.4 is 0 Å². The lowest BCUT2D eigenvalue weighted by atomic mass is 10.0. The van der Waals surface area contributed by atoms with Crippen LogP contribution in [0.5, 0.6) is 0 Å². The molecule has 0 amide bonds. The molecule has 2 rings (SSSR count). The monoisotopic (exact) mass is 258 g/mol. The Hall–Kier alpha value is -2.00. The molecule has 3 heteroatoms. The number of aliphatic hydroxyl groups is 1. The maximum atomic E-state index is 13.0. The van der Waals surface area contributed by atoms with Crippen LogP contribution >= 0.6 is 0 Å². The highest BCUT2D eigenvalue weighted by molar-refractivity contribution is 5.81. The second-order valence-corrected chi connectivity index (χ2v) is 4.48. The Labute approximate surface area is 111 Å². The Morgan fingerprint density at radius 1 is 1.11 bits per heavy atom. The van der Waals surface area contributed by atoms with Gasteiger partial charge in [0.1, 0.15) is 11.6 Å². The fourth-order valence-electron chi connectivity index (χ4n) is 1.96. The van der Waals surface area contributed by atoms with Gasteiger partial charge >= 0.3 is 0 Å². The van der Waals surface area contributed by atoms with Crippen molar-refractivity contribution < 1.29 is 14.3 Å². The molecule has 2 nitrogen and oxygen atoms in total. The Bertz CT molecular complexity index is 552. The highest BCUT2D eigenvalue weighted by atomic mass is 19.1. The van der Waals surface area contributed by atoms with Gasteiger partial charge in [-0.05, 0) is 23.3 Å². The molecule has 0 spiro atoms. The van der Waals surface area contributed by atoms with Crippen molar-refractivity contribution in [3.63, 3.8) is 0 Å². The average Bonchev–Trinajstić information content (AvgIpc) is 2.39. The minimum absolute atomic E-state index is 0.0422. The van der Waals surface area contributed by atoms with Crippen molar-refractivity contribution in [2.24, 2.45) is 0 Å². The summed E-state index contributed by atoms with van der Waals surface area (Å²) in [5.41, 5.74) is 1.35. The van der Waals surface area contributed by atoms with E-state index < -0.39 is 6.10 Å². The number of halogens is 1. The van der Waals surface area contributed by atoms with E-state index in [1.165, 1.54) is 12.1 Å². The number of benzene rings is 2. The predicted octanol–water partition coefficient (Wildman–Crippen LogP) is 3.06. The number of carbonyl (C=O) groups excluding carboxylic acids is 1. The van der Waals surface area contributed by atoms with Gasteiger partial charge in [-0.25, -0.2) is 4.39 Å². The van der Waals surface area contributed by atoms with Crippen LogP contribution in [0.1, 0.15) is 23.7 Å². The molecule has 0 saturated heterocycles. The van der Waals surface area contributed by atoms with Crippen molar-refractivity contribution in [3.8, 4) is 0 Å². The van der Waals surface area contributed by atoms with E-state index in [1.807, 2.05) is 18.2 Å². The van der Waals surface area contributed by atoms with E-state index in [4.69, 9.17) is 0 Å². The maximum absolute atomic E-state index is 13.0. The molecule has 0 aliphatic carbocycles. The molecule has 0 aromatic heterocycles. The van der Waals surface area contributed by atoms with E-state index in [0.717, 1.165) is 5.56 Å². The van der Waals surface area contributed by atoms with Crippen LogP contribution in [0, 0.1) is 5.82 Å². The first-order chi connectivity index (χ1) is 9.15. The Morgan fingerprint density at radius 2 is 1.84 bits per heavy atom. The topological polar surface area (TPSA) is 37.3 Å². The highest BCUT2D eigenvalue weighted by Crippen LogP contribution is 2.17. The van der Waals surface area contributed by atoms with Gasteiger partial charge in [-0.15, -0.1) is 0 Å². The Balaban J connectivity index is 1.95. The Morgan fingerprint density at radius 3 is 2.53 bits per heavy atom. The third-order valence-corrected chi connectivity index (χ3v) is 2.90. The van der Waals surface area contributed by atoms with Crippen LogP contribution in [0.3, 0.4) is 0 Å². The zero-order valence-electron chi connectivity index (χ0n) is 10.4. The van der Waals surface area contributed by atoms with Crippen molar-refractivity contribution in [1.82, 2.24) is 0 Å². The third-order valence-electron chi connectivity index (χ3n) is 2.90. The molecular weight excluding hydrogens is 243 g/mol. The van der Waals surface area contributed by atoms with Crippen molar-refractivity contribution in [2.75, 3.05) is 0 Å². The zero-order chi connectivity index (χ0) is 13.7. The lowest BCUT2D eigenvalue weighted by molar-refractivity contribution is -0.120. The van der Waals surface area contributed by atoms with Crippen molar-refractivity contribution in [1.29, 1.82) is 0 Å². The number of aliphatic hydroxyl groups excluding tert-OH is 1. The van der Waals surface area contributed by atoms with E-state index in [0.29, 0.717) is 5.56 Å². The lowest BCUT2D eigenvalue weighted by Crippen LogP contribution is -2.09. The zero-order valence-corrected chi connectivity index (χ0v) is 10.4. The van der Waals surface area contributed by atoms with Gasteiger partial charge in [-0.2, -0.15) is 0 Å². The van der Waals surface area contributed by atoms with E-state index in [-0.39, 0.29) is 24.4 Å². The van der Waals surface area contributed by atoms with Gasteiger partial charge in [0.2, 0.25) is 0 Å². The van der Waals surface area contributed by atoms with Crippen molar-refractivity contribution in [2.45, 2.75) is 18.9 Å². The molecule has 2 aromatic rings. The van der Waals surface area contributed by atoms with E-state index in [9.17, 15) is 14.3 Å². The summed E-state index contributed by atoms with van der Waals surface area (Å²) in [6.07, 6.45) is -0.621. The molecule has 1 N–H and O–H groups in total. The first kappa shape index (κ1) is 13.4. The summed E-state index contributed by atoms with van der Waals surface area (Å²) in [5.74, 6) is -0.462. The maximum Gasteiger partial charge on any atom is 0.140 e. The first-order valence-corrected chi connectivity index (χ1v) is 6.14. The van der Waals surface area contributed by atoms with E-state index >= 15 is 0 Å². The van der Waals surface area contributed by atoms with Crippen molar-refractivity contribution in [3.05, 3.63) is 71.5 Å². The van der Waals surface area contributed by atoms with Crippen LogP contribution in [0.15, 0.2) is 54.6 Å². The molecule has 0 bridgehead atoms. The summed E-state index contributed by atoms with van der Waals surface area (Å²) in [4.78, 5) is 11.8. The fourth-order valence-corrected chi connectivity index (χ4v) is 1.96. The Kier molecular flexibility index (Phi) is 4.42. The molecule has 0 fully saturated rings. The van der Waals surface area contributed by atoms with Crippen LogP contribution in [0.25, 0.3) is 0 Å². The minimum Gasteiger partial charge on any atom is -0.388 e. The van der Waals surface area contributed by atoms with Gasteiger partial charge in [0.25, 0.3) is 0 Å². The molecule has 0 aliphatic rings. The number of ketones is 1. The summed E-state index contributed by atoms with van der Waals surface area (Å²) in [7, 11) is 0. The quantitative estimate of drug-likeness (QED) is 0.895. The number of carbonyl (C=O) groups is 1. The second-order valence-electron chi connectivity index (χ2n) is 4.48. The van der Waals surface area contributed by atoms with E-state index in [1.54, 1.807) is 24.3 Å². The largest absolute Gasteiger partial charge is 0.388 e. The van der Waals surface area contributed by atoms with E-state index in [2.05, 4.69) is 0 Å². The third kappa shape index (κ3) is 4.00. The summed E-state index contributed by atoms with van der Waals surface area (Å²) in [5, 5.41) is 9.93. The first-order valence-electron chi connectivity index (χ1n) is 6.14. The average molecular weight is 258 g/mol. The fraction of sp³-hybridized carbons (Fsp3) is 0.188. The molecule has 19 heavy (non-hydrogen) atoms. The van der Waals surface area contributed by atoms with Gasteiger partial charge in [-0.1, -0.05) is 42.5 Å². The van der Waals surface area contributed by atoms with Crippen LogP contribution in [0.4, 0.5) is 4.39 Å². The smallest absolute Gasteiger partial charge is 0.140 e. The molecule has 0 aliphatic heterocycles. The summed E-state index contributed by atoms with van der Waals surface area (Å²) < 4.78 is 13.0. The van der Waals surface area contributed by atoms with Gasteiger partial charge in [0.05, 0.1) is 6.10 Å². The summed E-state index contributed by atoms with van der Waals surface area (Å²) in [6, 6.07) is 15.0. The molecule has 98 valence electrons. The van der Waals surface area contributed by atoms with Gasteiger partial charge < -0.3 is 5.11 Å².